The Balaban J connectivity index is 1.83. The Hall–Kier alpha value is -2.22. The van der Waals surface area contributed by atoms with E-state index in [1.54, 1.807) is 0 Å². The average Bonchev–Trinajstić information content (AvgIpc) is 3.11. The Bertz CT molecular complexity index is 616. The van der Waals surface area contributed by atoms with E-state index in [-0.39, 0.29) is 0 Å². The predicted molar refractivity (Wildman–Crippen MR) is 64.3 cm³/mol. The Morgan fingerprint density at radius 2 is 1.53 bits per heavy atom. The van der Waals surface area contributed by atoms with Crippen molar-refractivity contribution in [2.75, 3.05) is 0 Å². The molecule has 1 saturated heterocycles. The second-order valence-electron chi connectivity index (χ2n) is 4.23. The number of hydrogen-bond donors (Lipinski definition) is 0. The number of rotatable bonds is 1. The quantitative estimate of drug-likeness (QED) is 0.690. The monoisotopic (exact) mass is 222 g/mol. The van der Waals surface area contributed by atoms with Crippen LogP contribution >= 0.6 is 0 Å². The van der Waals surface area contributed by atoms with Crippen LogP contribution in [-0.4, -0.2) is 0 Å². The fourth-order valence-corrected chi connectivity index (χ4v) is 2.23. The maximum Gasteiger partial charge on any atom is 0.338 e. The highest BCUT2D eigenvalue weighted by molar-refractivity contribution is 5.66. The van der Waals surface area contributed by atoms with E-state index in [0.717, 1.165) is 22.6 Å². The maximum atomic E-state index is 5.99. The lowest BCUT2D eigenvalue weighted by molar-refractivity contribution is 0.0593. The lowest BCUT2D eigenvalue weighted by atomic mass is 10.0. The summed E-state index contributed by atoms with van der Waals surface area (Å²) in [6, 6.07) is 18.0. The van der Waals surface area contributed by atoms with Crippen LogP contribution in [0.2, 0.25) is 0 Å². The fourth-order valence-electron chi connectivity index (χ4n) is 2.23. The van der Waals surface area contributed by atoms with Crippen LogP contribution in [0.1, 0.15) is 11.1 Å². The minimum absolute atomic E-state index is 0.657. The molecular formula is C15H10O2. The van der Waals surface area contributed by atoms with Gasteiger partial charge in [-0.15, -0.1) is 0 Å². The fraction of sp³-hybridized carbons (Fsp3) is 0.0667. The summed E-state index contributed by atoms with van der Waals surface area (Å²) in [5, 5.41) is 0. The minimum atomic E-state index is -0.657. The van der Waals surface area contributed by atoms with Crippen molar-refractivity contribution >= 4 is 6.08 Å². The molecule has 1 unspecified atom stereocenters. The molecule has 2 aliphatic heterocycles. The first-order valence-electron chi connectivity index (χ1n) is 5.63. The third-order valence-electron chi connectivity index (χ3n) is 3.15. The van der Waals surface area contributed by atoms with E-state index in [9.17, 15) is 0 Å². The third kappa shape index (κ3) is 1.15. The van der Waals surface area contributed by atoms with E-state index in [1.165, 1.54) is 0 Å². The van der Waals surface area contributed by atoms with Gasteiger partial charge in [0.2, 0.25) is 0 Å². The molecule has 0 radical (unpaired) electrons. The molecule has 2 heteroatoms. The van der Waals surface area contributed by atoms with Crippen LogP contribution in [0, 0.1) is 0 Å². The minimum Gasteiger partial charge on any atom is -0.441 e. The molecule has 1 fully saturated rings. The molecule has 0 saturated carbocycles. The summed E-state index contributed by atoms with van der Waals surface area (Å²) in [5.74, 6) is 1.11. The van der Waals surface area contributed by atoms with Gasteiger partial charge in [-0.1, -0.05) is 48.5 Å². The molecule has 0 aliphatic carbocycles. The van der Waals surface area contributed by atoms with Crippen molar-refractivity contribution in [1.29, 1.82) is 0 Å². The van der Waals surface area contributed by atoms with Crippen LogP contribution in [-0.2, 0) is 10.5 Å². The summed E-state index contributed by atoms with van der Waals surface area (Å²) in [5.41, 5.74) is 2.12. The van der Waals surface area contributed by atoms with E-state index in [0.29, 0.717) is 0 Å². The number of benzene rings is 2. The molecule has 2 nitrogen and oxygen atoms in total. The van der Waals surface area contributed by atoms with Crippen molar-refractivity contribution in [2.45, 2.75) is 5.79 Å². The molecule has 1 atom stereocenters. The first kappa shape index (κ1) is 8.88. The molecule has 0 aromatic heterocycles. The predicted octanol–water partition coefficient (Wildman–Crippen LogP) is 3.30. The Labute approximate surface area is 99.1 Å². The van der Waals surface area contributed by atoms with Crippen LogP contribution < -0.4 is 4.74 Å². The smallest absolute Gasteiger partial charge is 0.338 e. The first-order valence-corrected chi connectivity index (χ1v) is 5.63. The van der Waals surface area contributed by atoms with Crippen LogP contribution in [0.15, 0.2) is 60.4 Å². The summed E-state index contributed by atoms with van der Waals surface area (Å²) in [4.78, 5) is 0. The van der Waals surface area contributed by atoms with E-state index < -0.39 is 5.79 Å². The highest BCUT2D eigenvalue weighted by atomic mass is 16.8. The van der Waals surface area contributed by atoms with Crippen molar-refractivity contribution in [2.24, 2.45) is 0 Å². The van der Waals surface area contributed by atoms with E-state index in [2.05, 4.69) is 0 Å². The van der Waals surface area contributed by atoms with E-state index in [1.807, 2.05) is 60.7 Å². The number of fused-ring (bicyclic) bond motifs is 2. The Kier molecular flexibility index (Phi) is 1.52. The van der Waals surface area contributed by atoms with Crippen molar-refractivity contribution in [1.82, 2.24) is 0 Å². The molecule has 82 valence electrons. The van der Waals surface area contributed by atoms with Crippen LogP contribution in [0.3, 0.4) is 0 Å². The average molecular weight is 222 g/mol. The highest BCUT2D eigenvalue weighted by Crippen LogP contribution is 2.55. The second-order valence-corrected chi connectivity index (χ2v) is 4.23. The molecular weight excluding hydrogens is 212 g/mol. The molecule has 17 heavy (non-hydrogen) atoms. The van der Waals surface area contributed by atoms with Crippen molar-refractivity contribution in [3.05, 3.63) is 71.5 Å². The number of hydrogen-bond acceptors (Lipinski definition) is 2. The van der Waals surface area contributed by atoms with Gasteiger partial charge in [-0.05, 0) is 12.1 Å². The molecule has 2 aliphatic rings. The largest absolute Gasteiger partial charge is 0.441 e. The van der Waals surface area contributed by atoms with Gasteiger partial charge in [-0.2, -0.15) is 0 Å². The topological polar surface area (TPSA) is 21.8 Å². The zero-order chi connectivity index (χ0) is 11.3. The zero-order valence-electron chi connectivity index (χ0n) is 9.09. The summed E-state index contributed by atoms with van der Waals surface area (Å²) >= 11 is 0. The third-order valence-corrected chi connectivity index (χ3v) is 3.15. The molecule has 2 aromatic rings. The van der Waals surface area contributed by atoms with Crippen molar-refractivity contribution in [3.63, 3.8) is 0 Å². The Morgan fingerprint density at radius 1 is 0.765 bits per heavy atom. The lowest BCUT2D eigenvalue weighted by Crippen LogP contribution is -2.19. The summed E-state index contributed by atoms with van der Waals surface area (Å²) in [7, 11) is 0. The standard InChI is InChI=1S/C15H10O2/c1-2-7-12(8-3-1)15-14(17-15)10-11-6-4-5-9-13(11)16-15/h1-10H. The van der Waals surface area contributed by atoms with Gasteiger partial charge < -0.3 is 9.47 Å². The number of epoxide rings is 1. The normalized spacial score (nSPS) is 23.6. The van der Waals surface area contributed by atoms with Gasteiger partial charge >= 0.3 is 5.79 Å². The van der Waals surface area contributed by atoms with Crippen molar-refractivity contribution < 1.29 is 9.47 Å². The van der Waals surface area contributed by atoms with Crippen LogP contribution in [0.4, 0.5) is 0 Å². The summed E-state index contributed by atoms with van der Waals surface area (Å²) < 4.78 is 11.7. The Morgan fingerprint density at radius 3 is 2.41 bits per heavy atom. The maximum absolute atomic E-state index is 5.99. The van der Waals surface area contributed by atoms with Gasteiger partial charge in [0.05, 0.1) is 0 Å². The molecule has 0 N–H and O–H groups in total. The number of para-hydroxylation sites is 1. The lowest BCUT2D eigenvalue weighted by Gasteiger charge is -2.17. The van der Waals surface area contributed by atoms with Crippen LogP contribution in [0.25, 0.3) is 6.08 Å². The molecule has 0 bridgehead atoms. The van der Waals surface area contributed by atoms with Crippen LogP contribution in [0.5, 0.6) is 5.75 Å². The molecule has 0 spiro atoms. The van der Waals surface area contributed by atoms with Gasteiger partial charge in [-0.3, -0.25) is 0 Å². The first-order chi connectivity index (χ1) is 8.38. The highest BCUT2D eigenvalue weighted by Gasteiger charge is 2.59. The van der Waals surface area contributed by atoms with Gasteiger partial charge in [-0.25, -0.2) is 0 Å². The molecule has 4 rings (SSSR count). The summed E-state index contributed by atoms with van der Waals surface area (Å²) in [6.07, 6.45) is 2.05. The SMILES string of the molecule is C1=C2OC2(c2ccccc2)Oc2ccccc21. The van der Waals surface area contributed by atoms with Gasteiger partial charge in [0.25, 0.3) is 0 Å². The molecule has 2 aromatic carbocycles. The zero-order valence-corrected chi connectivity index (χ0v) is 9.09. The molecule has 2 heterocycles. The van der Waals surface area contributed by atoms with E-state index >= 15 is 0 Å². The number of ether oxygens (including phenoxy) is 2. The van der Waals surface area contributed by atoms with Gasteiger partial charge in [0.15, 0.2) is 5.76 Å². The van der Waals surface area contributed by atoms with Gasteiger partial charge in [0.1, 0.15) is 5.75 Å². The van der Waals surface area contributed by atoms with E-state index in [4.69, 9.17) is 9.47 Å². The van der Waals surface area contributed by atoms with Gasteiger partial charge in [0, 0.05) is 11.1 Å². The second kappa shape index (κ2) is 2.92. The summed E-state index contributed by atoms with van der Waals surface area (Å²) in [6.45, 7) is 0. The van der Waals surface area contributed by atoms with Crippen molar-refractivity contribution in [3.8, 4) is 5.75 Å². The molecule has 0 amide bonds.